The minimum absolute atomic E-state index is 0.363. The first-order valence-corrected chi connectivity index (χ1v) is 12.4. The van der Waals surface area contributed by atoms with Crippen LogP contribution in [-0.4, -0.2) is 22.0 Å². The molecule has 0 radical (unpaired) electrons. The highest BCUT2D eigenvalue weighted by Gasteiger charge is 2.35. The molecule has 0 fully saturated rings. The third kappa shape index (κ3) is 5.48. The van der Waals surface area contributed by atoms with E-state index in [-0.39, 0.29) is 0 Å². The summed E-state index contributed by atoms with van der Waals surface area (Å²) in [4.78, 5) is 0. The van der Waals surface area contributed by atoms with Crippen molar-refractivity contribution in [3.05, 3.63) is 53.3 Å². The fourth-order valence-electron chi connectivity index (χ4n) is 3.29. The van der Waals surface area contributed by atoms with E-state index < -0.39 is 8.32 Å². The molecule has 1 aromatic rings. The maximum absolute atomic E-state index is 6.32. The Labute approximate surface area is 153 Å². The highest BCUT2D eigenvalue weighted by molar-refractivity contribution is 6.70. The number of methoxy groups -OCH3 is 1. The lowest BCUT2D eigenvalue weighted by atomic mass is 9.87. The van der Waals surface area contributed by atoms with Gasteiger partial charge in [0, 0.05) is 12.3 Å². The predicted molar refractivity (Wildman–Crippen MR) is 106 cm³/mol. The summed E-state index contributed by atoms with van der Waals surface area (Å²) >= 11 is 0. The van der Waals surface area contributed by atoms with Crippen molar-refractivity contribution >= 4 is 8.32 Å². The van der Waals surface area contributed by atoms with E-state index in [2.05, 4.69) is 40.1 Å². The number of hydrogen-bond acceptors (Lipinski definition) is 3. The fourth-order valence-corrected chi connectivity index (χ4v) is 4.27. The molecule has 0 aromatic heterocycles. The van der Waals surface area contributed by atoms with Crippen LogP contribution in [0.3, 0.4) is 0 Å². The topological polar surface area (TPSA) is 27.7 Å². The number of allylic oxidation sites excluding steroid dienone is 2. The molecule has 3 nitrogen and oxygen atoms in total. The molecule has 2 rings (SSSR count). The summed E-state index contributed by atoms with van der Waals surface area (Å²) in [7, 11) is 0.0879. The second-order valence-electron chi connectivity index (χ2n) is 7.95. The Balaban J connectivity index is 2.00. The van der Waals surface area contributed by atoms with Gasteiger partial charge in [0.05, 0.1) is 26.1 Å². The Morgan fingerprint density at radius 2 is 1.84 bits per heavy atom. The van der Waals surface area contributed by atoms with Gasteiger partial charge in [0.25, 0.3) is 0 Å². The van der Waals surface area contributed by atoms with Gasteiger partial charge in [0.2, 0.25) is 8.32 Å². The van der Waals surface area contributed by atoms with E-state index in [9.17, 15) is 0 Å². The van der Waals surface area contributed by atoms with E-state index >= 15 is 0 Å². The fraction of sp³-hybridized carbons (Fsp3) is 0.524. The molecule has 138 valence electrons. The van der Waals surface area contributed by atoms with E-state index in [0.717, 1.165) is 17.7 Å². The van der Waals surface area contributed by atoms with Crippen molar-refractivity contribution in [1.29, 1.82) is 0 Å². The van der Waals surface area contributed by atoms with Gasteiger partial charge in [-0.3, -0.25) is 0 Å². The number of rotatable bonds is 8. The normalized spacial score (nSPS) is 20.7. The Morgan fingerprint density at radius 3 is 2.36 bits per heavy atom. The lowest BCUT2D eigenvalue weighted by Gasteiger charge is -2.21. The van der Waals surface area contributed by atoms with Gasteiger partial charge in [-0.1, -0.05) is 24.3 Å². The third-order valence-corrected chi connectivity index (χ3v) is 5.53. The molecule has 0 saturated carbocycles. The Bertz CT molecular complexity index is 626. The summed E-state index contributed by atoms with van der Waals surface area (Å²) in [5.41, 5.74) is 3.71. The van der Waals surface area contributed by atoms with Crippen molar-refractivity contribution in [3.8, 4) is 5.75 Å². The molecule has 0 amide bonds. The van der Waals surface area contributed by atoms with Gasteiger partial charge in [-0.05, 0) is 62.7 Å². The van der Waals surface area contributed by atoms with E-state index in [1.54, 1.807) is 7.11 Å². The van der Waals surface area contributed by atoms with Crippen molar-refractivity contribution in [2.24, 2.45) is 11.8 Å². The van der Waals surface area contributed by atoms with Crippen LogP contribution in [0.1, 0.15) is 25.8 Å². The summed E-state index contributed by atoms with van der Waals surface area (Å²) in [5.74, 6) is 2.82. The second kappa shape index (κ2) is 8.24. The van der Waals surface area contributed by atoms with Crippen LogP contribution in [0.25, 0.3) is 0 Å². The number of benzene rings is 1. The van der Waals surface area contributed by atoms with Crippen molar-refractivity contribution in [1.82, 2.24) is 0 Å². The van der Waals surface area contributed by atoms with Gasteiger partial charge in [0.1, 0.15) is 5.75 Å². The quantitative estimate of drug-likeness (QED) is 0.449. The number of hydrogen-bond donors (Lipinski definition) is 0. The van der Waals surface area contributed by atoms with Crippen molar-refractivity contribution in [3.63, 3.8) is 0 Å². The molecular weight excluding hydrogens is 328 g/mol. The lowest BCUT2D eigenvalue weighted by Crippen LogP contribution is -2.24. The minimum Gasteiger partial charge on any atom is -0.547 e. The molecule has 1 aromatic carbocycles. The zero-order valence-electron chi connectivity index (χ0n) is 16.5. The van der Waals surface area contributed by atoms with Crippen LogP contribution < -0.4 is 4.74 Å². The monoisotopic (exact) mass is 360 g/mol. The third-order valence-electron chi connectivity index (χ3n) is 4.67. The molecule has 0 N–H and O–H groups in total. The van der Waals surface area contributed by atoms with Gasteiger partial charge >= 0.3 is 0 Å². The van der Waals surface area contributed by atoms with Gasteiger partial charge in [0.15, 0.2) is 0 Å². The van der Waals surface area contributed by atoms with Crippen molar-refractivity contribution in [2.45, 2.75) is 46.5 Å². The standard InChI is InChI=1S/C21H32O3Si/c1-15(2)19-12-21(24-25(5,6)7)16(3)20(19)14-23-13-17-8-10-18(22-4)11-9-17/h8-11,19-20H,1,12-14H2,2-7H3/t19-,20-/m1/s1. The lowest BCUT2D eigenvalue weighted by molar-refractivity contribution is 0.0872. The first-order valence-electron chi connectivity index (χ1n) is 8.96. The van der Waals surface area contributed by atoms with E-state index in [1.807, 2.05) is 24.3 Å². The van der Waals surface area contributed by atoms with Crippen molar-refractivity contribution in [2.75, 3.05) is 13.7 Å². The molecule has 0 aliphatic heterocycles. The average molecular weight is 361 g/mol. The summed E-state index contributed by atoms with van der Waals surface area (Å²) in [6.45, 7) is 16.5. The van der Waals surface area contributed by atoms with E-state index in [4.69, 9.17) is 13.9 Å². The van der Waals surface area contributed by atoms with Crippen LogP contribution in [0.4, 0.5) is 0 Å². The molecular formula is C21H32O3Si. The van der Waals surface area contributed by atoms with Gasteiger partial charge in [-0.15, -0.1) is 0 Å². The van der Waals surface area contributed by atoms with E-state index in [1.165, 1.54) is 16.9 Å². The number of ether oxygens (including phenoxy) is 2. The average Bonchev–Trinajstić information content (AvgIpc) is 2.83. The molecule has 0 saturated heterocycles. The summed E-state index contributed by atoms with van der Waals surface area (Å²) in [6.07, 6.45) is 0.960. The van der Waals surface area contributed by atoms with Crippen LogP contribution in [0, 0.1) is 11.8 Å². The highest BCUT2D eigenvalue weighted by Crippen LogP contribution is 2.42. The first-order chi connectivity index (χ1) is 11.7. The van der Waals surface area contributed by atoms with Crippen LogP contribution >= 0.6 is 0 Å². The van der Waals surface area contributed by atoms with Gasteiger partial charge in [-0.25, -0.2) is 0 Å². The van der Waals surface area contributed by atoms with Crippen molar-refractivity contribution < 1.29 is 13.9 Å². The first kappa shape index (κ1) is 19.8. The van der Waals surface area contributed by atoms with Crippen LogP contribution in [0.2, 0.25) is 19.6 Å². The molecule has 0 spiro atoms. The maximum Gasteiger partial charge on any atom is 0.241 e. The smallest absolute Gasteiger partial charge is 0.241 e. The van der Waals surface area contributed by atoms with Crippen LogP contribution in [-0.2, 0) is 15.8 Å². The molecule has 0 unspecified atom stereocenters. The molecule has 4 heteroatoms. The summed E-state index contributed by atoms with van der Waals surface area (Å²) < 4.78 is 17.6. The predicted octanol–water partition coefficient (Wildman–Crippen LogP) is 5.55. The zero-order valence-corrected chi connectivity index (χ0v) is 17.5. The summed E-state index contributed by atoms with van der Waals surface area (Å²) in [6, 6.07) is 8.03. The Hall–Kier alpha value is -1.52. The molecule has 0 heterocycles. The molecule has 25 heavy (non-hydrogen) atoms. The van der Waals surface area contributed by atoms with Crippen LogP contribution in [0.5, 0.6) is 5.75 Å². The molecule has 0 bridgehead atoms. The zero-order chi connectivity index (χ0) is 18.6. The summed E-state index contributed by atoms with van der Waals surface area (Å²) in [5, 5.41) is 0. The largest absolute Gasteiger partial charge is 0.547 e. The Kier molecular flexibility index (Phi) is 6.52. The second-order valence-corrected chi connectivity index (χ2v) is 12.4. The Morgan fingerprint density at radius 1 is 1.20 bits per heavy atom. The molecule has 2 atom stereocenters. The van der Waals surface area contributed by atoms with Gasteiger partial charge < -0.3 is 13.9 Å². The highest BCUT2D eigenvalue weighted by atomic mass is 28.4. The van der Waals surface area contributed by atoms with E-state index in [0.29, 0.717) is 25.0 Å². The maximum atomic E-state index is 6.32. The SMILES string of the molecule is C=C(C)[C@H]1CC(O[Si](C)(C)C)=C(C)[C@H]1COCc1ccc(OC)cc1. The molecule has 1 aliphatic rings. The van der Waals surface area contributed by atoms with Crippen LogP contribution in [0.15, 0.2) is 47.7 Å². The minimum atomic E-state index is -1.59. The van der Waals surface area contributed by atoms with Gasteiger partial charge in [-0.2, -0.15) is 0 Å². The molecule has 1 aliphatic carbocycles.